The van der Waals surface area contributed by atoms with Gasteiger partial charge in [-0.1, -0.05) is 0 Å². The molecule has 25 heavy (non-hydrogen) atoms. The number of nitrogens with zero attached hydrogens (tertiary/aromatic N) is 3. The highest BCUT2D eigenvalue weighted by Crippen LogP contribution is 2.35. The van der Waals surface area contributed by atoms with E-state index in [1.54, 1.807) is 14.1 Å². The third-order valence-electron chi connectivity index (χ3n) is 3.78. The summed E-state index contributed by atoms with van der Waals surface area (Å²) in [6.07, 6.45) is -4.14. The molecule has 0 spiro atoms. The van der Waals surface area contributed by atoms with E-state index in [2.05, 4.69) is 15.3 Å². The Kier molecular flexibility index (Phi) is 4.40. The van der Waals surface area contributed by atoms with Crippen LogP contribution in [0, 0.1) is 5.82 Å². The zero-order chi connectivity index (χ0) is 18.2. The Morgan fingerprint density at radius 2 is 1.96 bits per heavy atom. The Morgan fingerprint density at radius 1 is 1.20 bits per heavy atom. The molecule has 0 radical (unpaired) electrons. The van der Waals surface area contributed by atoms with Crippen LogP contribution in [0.15, 0.2) is 24.3 Å². The molecule has 9 heteroatoms. The molecule has 0 fully saturated rings. The largest absolute Gasteiger partial charge is 0.493 e. The van der Waals surface area contributed by atoms with Crippen molar-refractivity contribution in [2.24, 2.45) is 0 Å². The number of aromatic nitrogens is 2. The van der Waals surface area contributed by atoms with Crippen molar-refractivity contribution in [3.63, 3.8) is 0 Å². The number of fused-ring (bicyclic) bond motifs is 1. The van der Waals surface area contributed by atoms with Gasteiger partial charge in [-0.2, -0.15) is 18.2 Å². The molecule has 0 aliphatic carbocycles. The number of alkyl halides is 3. The first-order valence-electron chi connectivity index (χ1n) is 7.56. The lowest BCUT2D eigenvalue weighted by atomic mass is 10.0. The van der Waals surface area contributed by atoms with Crippen molar-refractivity contribution >= 4 is 11.8 Å². The van der Waals surface area contributed by atoms with E-state index in [0.29, 0.717) is 24.3 Å². The molecule has 1 N–H and O–H groups in total. The van der Waals surface area contributed by atoms with Crippen molar-refractivity contribution in [2.75, 3.05) is 30.9 Å². The maximum Gasteiger partial charge on any atom is 0.433 e. The zero-order valence-corrected chi connectivity index (χ0v) is 13.6. The molecular weight excluding hydrogens is 340 g/mol. The van der Waals surface area contributed by atoms with Gasteiger partial charge in [-0.3, -0.25) is 0 Å². The minimum absolute atomic E-state index is 0.122. The predicted octanol–water partition coefficient (Wildman–Crippen LogP) is 3.64. The van der Waals surface area contributed by atoms with E-state index >= 15 is 0 Å². The van der Waals surface area contributed by atoms with Crippen LogP contribution in [-0.4, -0.2) is 30.7 Å². The molecule has 0 saturated carbocycles. The third-order valence-corrected chi connectivity index (χ3v) is 3.78. The minimum Gasteiger partial charge on any atom is -0.493 e. The van der Waals surface area contributed by atoms with Crippen molar-refractivity contribution in [3.8, 4) is 5.75 Å². The van der Waals surface area contributed by atoms with Crippen LogP contribution in [0.25, 0.3) is 0 Å². The summed E-state index contributed by atoms with van der Waals surface area (Å²) in [7, 11) is 3.18. The molecule has 1 aromatic carbocycles. The first-order valence-corrected chi connectivity index (χ1v) is 7.56. The first kappa shape index (κ1) is 17.2. The lowest BCUT2D eigenvalue weighted by Gasteiger charge is -2.27. The summed E-state index contributed by atoms with van der Waals surface area (Å²) in [5.41, 5.74) is -0.515. The Balaban J connectivity index is 1.96. The van der Waals surface area contributed by atoms with Crippen molar-refractivity contribution in [1.82, 2.24) is 9.97 Å². The zero-order valence-electron chi connectivity index (χ0n) is 13.6. The van der Waals surface area contributed by atoms with Crippen LogP contribution in [0.3, 0.4) is 0 Å². The van der Waals surface area contributed by atoms with E-state index in [4.69, 9.17) is 4.74 Å². The molecule has 1 aliphatic rings. The SMILES string of the molecule is CN(C)c1cc(C(F)(F)F)nc(NC2CCOc3ccc(F)cc32)n1. The fourth-order valence-electron chi connectivity index (χ4n) is 2.54. The smallest absolute Gasteiger partial charge is 0.433 e. The van der Waals surface area contributed by atoms with Gasteiger partial charge >= 0.3 is 6.18 Å². The topological polar surface area (TPSA) is 50.3 Å². The summed E-state index contributed by atoms with van der Waals surface area (Å²) < 4.78 is 58.2. The van der Waals surface area contributed by atoms with Gasteiger partial charge in [-0.25, -0.2) is 9.37 Å². The van der Waals surface area contributed by atoms with Crippen molar-refractivity contribution in [3.05, 3.63) is 41.3 Å². The number of rotatable bonds is 3. The monoisotopic (exact) mass is 356 g/mol. The Hall–Kier alpha value is -2.58. The second kappa shape index (κ2) is 6.38. The van der Waals surface area contributed by atoms with Crippen LogP contribution < -0.4 is 15.0 Å². The highest BCUT2D eigenvalue weighted by atomic mass is 19.4. The Morgan fingerprint density at radius 3 is 2.64 bits per heavy atom. The number of hydrogen-bond acceptors (Lipinski definition) is 5. The van der Waals surface area contributed by atoms with E-state index < -0.39 is 23.7 Å². The highest BCUT2D eigenvalue weighted by molar-refractivity contribution is 5.47. The maximum atomic E-state index is 13.5. The molecular formula is C16H16F4N4O. The summed E-state index contributed by atoms with van der Waals surface area (Å²) in [5, 5.41) is 2.88. The molecule has 134 valence electrons. The second-order valence-electron chi connectivity index (χ2n) is 5.84. The normalized spacial score (nSPS) is 16.8. The number of nitrogens with one attached hydrogen (secondary N) is 1. The van der Waals surface area contributed by atoms with Crippen LogP contribution in [0.2, 0.25) is 0 Å². The lowest BCUT2D eigenvalue weighted by molar-refractivity contribution is -0.141. The van der Waals surface area contributed by atoms with Crippen molar-refractivity contribution < 1.29 is 22.3 Å². The van der Waals surface area contributed by atoms with Crippen LogP contribution in [0.1, 0.15) is 23.7 Å². The molecule has 0 amide bonds. The van der Waals surface area contributed by atoms with E-state index in [-0.39, 0.29) is 11.8 Å². The fraction of sp³-hybridized carbons (Fsp3) is 0.375. The lowest BCUT2D eigenvalue weighted by Crippen LogP contribution is -2.23. The van der Waals surface area contributed by atoms with Crippen LogP contribution in [0.5, 0.6) is 5.75 Å². The van der Waals surface area contributed by atoms with Crippen LogP contribution in [-0.2, 0) is 6.18 Å². The first-order chi connectivity index (χ1) is 11.7. The fourth-order valence-corrected chi connectivity index (χ4v) is 2.54. The Labute approximate surface area is 141 Å². The third kappa shape index (κ3) is 3.75. The average molecular weight is 356 g/mol. The van der Waals surface area contributed by atoms with Gasteiger partial charge in [0, 0.05) is 32.1 Å². The predicted molar refractivity (Wildman–Crippen MR) is 84.2 cm³/mol. The van der Waals surface area contributed by atoms with Gasteiger partial charge in [0.1, 0.15) is 17.4 Å². The molecule has 1 aliphatic heterocycles. The number of anilines is 2. The van der Waals surface area contributed by atoms with Crippen molar-refractivity contribution in [2.45, 2.75) is 18.6 Å². The maximum absolute atomic E-state index is 13.5. The summed E-state index contributed by atoms with van der Waals surface area (Å²) in [5.74, 6) is -0.00284. The molecule has 0 bridgehead atoms. The number of hydrogen-bond donors (Lipinski definition) is 1. The summed E-state index contributed by atoms with van der Waals surface area (Å²) in [6.45, 7) is 0.357. The van der Waals surface area contributed by atoms with Gasteiger partial charge in [0.05, 0.1) is 12.6 Å². The van der Waals surface area contributed by atoms with E-state index in [1.165, 1.54) is 23.1 Å². The quantitative estimate of drug-likeness (QED) is 0.851. The van der Waals surface area contributed by atoms with Crippen LogP contribution in [0.4, 0.5) is 29.3 Å². The summed E-state index contributed by atoms with van der Waals surface area (Å²) in [6, 6.07) is 4.50. The molecule has 2 aromatic rings. The Bertz CT molecular complexity index is 779. The van der Waals surface area contributed by atoms with E-state index in [1.807, 2.05) is 0 Å². The number of benzene rings is 1. The van der Waals surface area contributed by atoms with Gasteiger partial charge in [0.15, 0.2) is 5.69 Å². The molecule has 5 nitrogen and oxygen atoms in total. The molecule has 1 unspecified atom stereocenters. The summed E-state index contributed by atoms with van der Waals surface area (Å²) in [4.78, 5) is 9.13. The highest BCUT2D eigenvalue weighted by Gasteiger charge is 2.34. The van der Waals surface area contributed by atoms with Gasteiger partial charge in [0.2, 0.25) is 5.95 Å². The van der Waals surface area contributed by atoms with E-state index in [9.17, 15) is 17.6 Å². The van der Waals surface area contributed by atoms with Crippen molar-refractivity contribution in [1.29, 1.82) is 0 Å². The standard InChI is InChI=1S/C16H16F4N4O/c1-24(2)14-8-13(16(18,19)20)22-15(23-14)21-11-5-6-25-12-4-3-9(17)7-10(11)12/h3-4,7-8,11H,5-6H2,1-2H3,(H,21,22,23). The number of halogens is 4. The molecule has 1 aromatic heterocycles. The van der Waals surface area contributed by atoms with Gasteiger partial charge < -0.3 is 15.0 Å². The molecule has 3 rings (SSSR count). The molecule has 2 heterocycles. The van der Waals surface area contributed by atoms with Gasteiger partial charge in [0.25, 0.3) is 0 Å². The minimum atomic E-state index is -4.59. The molecule has 0 saturated heterocycles. The van der Waals surface area contributed by atoms with Gasteiger partial charge in [-0.15, -0.1) is 0 Å². The average Bonchev–Trinajstić information content (AvgIpc) is 2.54. The number of ether oxygens (including phenoxy) is 1. The molecule has 1 atom stereocenters. The van der Waals surface area contributed by atoms with E-state index in [0.717, 1.165) is 6.07 Å². The summed E-state index contributed by atoms with van der Waals surface area (Å²) >= 11 is 0. The second-order valence-corrected chi connectivity index (χ2v) is 5.84. The van der Waals surface area contributed by atoms with Crippen LogP contribution >= 0.6 is 0 Å². The van der Waals surface area contributed by atoms with Gasteiger partial charge in [-0.05, 0) is 18.2 Å².